The van der Waals surface area contributed by atoms with Gasteiger partial charge in [0.05, 0.1) is 24.4 Å². The summed E-state index contributed by atoms with van der Waals surface area (Å²) >= 11 is 0. The van der Waals surface area contributed by atoms with E-state index >= 15 is 0 Å². The first-order chi connectivity index (χ1) is 14.7. The van der Waals surface area contributed by atoms with Crippen LogP contribution in [-0.2, 0) is 4.74 Å². The maximum absolute atomic E-state index is 5.75. The lowest BCUT2D eigenvalue weighted by atomic mass is 10.1. The summed E-state index contributed by atoms with van der Waals surface area (Å²) in [5.41, 5.74) is 4.11. The Morgan fingerprint density at radius 2 is 1.90 bits per heavy atom. The van der Waals surface area contributed by atoms with Gasteiger partial charge in [-0.2, -0.15) is 0 Å². The molecule has 0 spiro atoms. The van der Waals surface area contributed by atoms with Gasteiger partial charge in [-0.3, -0.25) is 0 Å². The van der Waals surface area contributed by atoms with Crippen LogP contribution in [0.25, 0.3) is 22.2 Å². The predicted octanol–water partition coefficient (Wildman–Crippen LogP) is 3.98. The summed E-state index contributed by atoms with van der Waals surface area (Å²) in [7, 11) is 5.39. The molecule has 1 N–H and O–H groups in total. The normalized spacial score (nSPS) is 16.2. The van der Waals surface area contributed by atoms with Crippen LogP contribution in [0, 0.1) is 0 Å². The average Bonchev–Trinajstić information content (AvgIpc) is 3.28. The van der Waals surface area contributed by atoms with Crippen molar-refractivity contribution in [3.8, 4) is 22.8 Å². The van der Waals surface area contributed by atoms with Crippen molar-refractivity contribution in [3.05, 3.63) is 48.5 Å². The standard InChI is InChI=1S/C24H29N3O3.H2/c1-25-11-13-30-18-6-4-17(5-7-18)22-15-24(27-12-10-20(16-27)29-3)21-9-8-19(28-2)14-23(21)26-22;/h4-9,14-15,20,25H,10-13,16H2,1-3H3;1H. The highest BCUT2D eigenvalue weighted by Crippen LogP contribution is 2.35. The molecule has 6 nitrogen and oxygen atoms in total. The van der Waals surface area contributed by atoms with E-state index in [9.17, 15) is 0 Å². The number of ether oxygens (including phenoxy) is 3. The molecule has 0 saturated carbocycles. The number of pyridine rings is 1. The van der Waals surface area contributed by atoms with Gasteiger partial charge in [-0.25, -0.2) is 4.98 Å². The molecular formula is C24H31N3O3. The summed E-state index contributed by atoms with van der Waals surface area (Å²) in [6.07, 6.45) is 1.30. The second-order valence-corrected chi connectivity index (χ2v) is 7.48. The summed E-state index contributed by atoms with van der Waals surface area (Å²) < 4.78 is 16.8. The van der Waals surface area contributed by atoms with E-state index in [1.807, 2.05) is 31.3 Å². The number of methoxy groups -OCH3 is 2. The smallest absolute Gasteiger partial charge is 0.121 e. The molecule has 30 heavy (non-hydrogen) atoms. The van der Waals surface area contributed by atoms with Gasteiger partial charge >= 0.3 is 0 Å². The van der Waals surface area contributed by atoms with Crippen molar-refractivity contribution in [1.82, 2.24) is 10.3 Å². The van der Waals surface area contributed by atoms with E-state index in [-0.39, 0.29) is 7.53 Å². The largest absolute Gasteiger partial charge is 0.497 e. The monoisotopic (exact) mass is 409 g/mol. The first kappa shape index (κ1) is 20.4. The molecule has 0 aliphatic carbocycles. The second-order valence-electron chi connectivity index (χ2n) is 7.48. The van der Waals surface area contributed by atoms with Crippen LogP contribution >= 0.6 is 0 Å². The molecule has 1 aromatic heterocycles. The summed E-state index contributed by atoms with van der Waals surface area (Å²) in [5.74, 6) is 1.67. The number of anilines is 1. The Morgan fingerprint density at radius 1 is 1.10 bits per heavy atom. The molecule has 6 heteroatoms. The minimum atomic E-state index is 0. The Kier molecular flexibility index (Phi) is 6.35. The van der Waals surface area contributed by atoms with E-state index in [4.69, 9.17) is 19.2 Å². The van der Waals surface area contributed by atoms with Gasteiger partial charge in [0.25, 0.3) is 0 Å². The molecule has 1 aliphatic rings. The number of fused-ring (bicyclic) bond motifs is 1. The molecule has 2 heterocycles. The first-order valence-electron chi connectivity index (χ1n) is 10.4. The highest BCUT2D eigenvalue weighted by molar-refractivity contribution is 5.95. The quantitative estimate of drug-likeness (QED) is 0.568. The molecule has 1 fully saturated rings. The highest BCUT2D eigenvalue weighted by Gasteiger charge is 2.24. The van der Waals surface area contributed by atoms with Crippen molar-refractivity contribution in [2.24, 2.45) is 0 Å². The zero-order valence-corrected chi connectivity index (χ0v) is 17.9. The summed E-state index contributed by atoms with van der Waals surface area (Å²) in [4.78, 5) is 7.33. The molecule has 1 atom stereocenters. The van der Waals surface area contributed by atoms with E-state index in [1.54, 1.807) is 14.2 Å². The van der Waals surface area contributed by atoms with E-state index in [1.165, 1.54) is 5.69 Å². The van der Waals surface area contributed by atoms with Crippen LogP contribution in [0.3, 0.4) is 0 Å². The third kappa shape index (κ3) is 4.35. The lowest BCUT2D eigenvalue weighted by Gasteiger charge is -2.21. The molecule has 0 radical (unpaired) electrons. The lowest BCUT2D eigenvalue weighted by molar-refractivity contribution is 0.121. The summed E-state index contributed by atoms with van der Waals surface area (Å²) in [6, 6.07) is 16.4. The van der Waals surface area contributed by atoms with Crippen LogP contribution in [0.15, 0.2) is 48.5 Å². The van der Waals surface area contributed by atoms with Crippen molar-refractivity contribution in [2.45, 2.75) is 12.5 Å². The predicted molar refractivity (Wildman–Crippen MR) is 123 cm³/mol. The highest BCUT2D eigenvalue weighted by atomic mass is 16.5. The van der Waals surface area contributed by atoms with Crippen molar-refractivity contribution in [1.29, 1.82) is 0 Å². The van der Waals surface area contributed by atoms with Crippen molar-refractivity contribution in [2.75, 3.05) is 52.4 Å². The van der Waals surface area contributed by atoms with Gasteiger partial charge in [-0.1, -0.05) is 0 Å². The minimum Gasteiger partial charge on any atom is -0.497 e. The number of likely N-dealkylation sites (N-methyl/N-ethyl adjacent to an activating group) is 1. The van der Waals surface area contributed by atoms with Crippen LogP contribution in [0.1, 0.15) is 7.85 Å². The maximum Gasteiger partial charge on any atom is 0.121 e. The number of aromatic nitrogens is 1. The summed E-state index contributed by atoms with van der Waals surface area (Å²) in [6.45, 7) is 3.32. The molecule has 1 aliphatic heterocycles. The Hall–Kier alpha value is -2.83. The van der Waals surface area contributed by atoms with Gasteiger partial charge in [-0.05, 0) is 55.9 Å². The van der Waals surface area contributed by atoms with Crippen molar-refractivity contribution in [3.63, 3.8) is 0 Å². The topological polar surface area (TPSA) is 55.9 Å². The zero-order chi connectivity index (χ0) is 20.9. The van der Waals surface area contributed by atoms with E-state index in [2.05, 4.69) is 34.5 Å². The molecule has 0 amide bonds. The van der Waals surface area contributed by atoms with Crippen LogP contribution in [0.4, 0.5) is 5.69 Å². The van der Waals surface area contributed by atoms with Gasteiger partial charge in [0, 0.05) is 50.9 Å². The van der Waals surface area contributed by atoms with E-state index in [0.717, 1.165) is 59.7 Å². The lowest BCUT2D eigenvalue weighted by Crippen LogP contribution is -2.22. The van der Waals surface area contributed by atoms with Gasteiger partial charge < -0.3 is 24.4 Å². The molecule has 160 valence electrons. The Bertz CT molecular complexity index is 997. The fourth-order valence-corrected chi connectivity index (χ4v) is 3.86. The molecule has 3 aromatic rings. The van der Waals surface area contributed by atoms with Gasteiger partial charge in [-0.15, -0.1) is 0 Å². The third-order valence-corrected chi connectivity index (χ3v) is 5.59. The van der Waals surface area contributed by atoms with Crippen LogP contribution in [0.5, 0.6) is 11.5 Å². The first-order valence-corrected chi connectivity index (χ1v) is 10.4. The Balaban J connectivity index is 0.00000272. The zero-order valence-electron chi connectivity index (χ0n) is 17.9. The number of hydrogen-bond donors (Lipinski definition) is 1. The maximum atomic E-state index is 5.75. The molecule has 1 saturated heterocycles. The van der Waals surface area contributed by atoms with Crippen LogP contribution in [0.2, 0.25) is 0 Å². The molecular weight excluding hydrogens is 378 g/mol. The minimum absolute atomic E-state index is 0. The number of rotatable bonds is 8. The van der Waals surface area contributed by atoms with E-state index < -0.39 is 0 Å². The van der Waals surface area contributed by atoms with Crippen molar-refractivity contribution >= 4 is 16.6 Å². The number of nitrogens with zero attached hydrogens (tertiary/aromatic N) is 2. The summed E-state index contributed by atoms with van der Waals surface area (Å²) in [5, 5.41) is 4.21. The molecule has 2 aromatic carbocycles. The SMILES string of the molecule is CNCCOc1ccc(-c2cc(N3CCC(OC)C3)c3ccc(OC)cc3n2)cc1.[HH]. The van der Waals surface area contributed by atoms with Crippen LogP contribution < -0.4 is 19.7 Å². The third-order valence-electron chi connectivity index (χ3n) is 5.59. The molecule has 0 bridgehead atoms. The number of nitrogens with one attached hydrogen (secondary N) is 1. The Morgan fingerprint density at radius 3 is 2.60 bits per heavy atom. The second kappa shape index (κ2) is 9.32. The fourth-order valence-electron chi connectivity index (χ4n) is 3.86. The molecule has 1 unspecified atom stereocenters. The number of benzene rings is 2. The van der Waals surface area contributed by atoms with Gasteiger partial charge in [0.1, 0.15) is 18.1 Å². The fraction of sp³-hybridized carbons (Fsp3) is 0.375. The Labute approximate surface area is 179 Å². The number of hydrogen-bond acceptors (Lipinski definition) is 6. The van der Waals surface area contributed by atoms with Gasteiger partial charge in [0.15, 0.2) is 0 Å². The van der Waals surface area contributed by atoms with Gasteiger partial charge in [0.2, 0.25) is 0 Å². The average molecular weight is 410 g/mol. The van der Waals surface area contributed by atoms with E-state index in [0.29, 0.717) is 6.61 Å². The van der Waals surface area contributed by atoms with Crippen LogP contribution in [-0.4, -0.2) is 58.6 Å². The molecule has 4 rings (SSSR count). The van der Waals surface area contributed by atoms with Crippen molar-refractivity contribution < 1.29 is 15.6 Å².